The molecule has 0 saturated carbocycles. The minimum atomic E-state index is -0.313. The summed E-state index contributed by atoms with van der Waals surface area (Å²) in [5.74, 6) is -0.677. The number of piperazine rings is 1. The molecule has 1 aromatic heterocycles. The third-order valence-electron chi connectivity index (χ3n) is 6.76. The standard InChI is InChI=1S/C28H26F2N4O2/c1-32-28(36)24-5-3-2-4-23(24)25(31-32)18-26(35)33-14-16-34(17-15-33)27(19-6-10-21(29)11-7-19)20-8-12-22(30)13-9-20/h2-13,27H,14-18H2,1H3. The molecule has 1 fully saturated rings. The molecular weight excluding hydrogens is 462 g/mol. The smallest absolute Gasteiger partial charge is 0.274 e. The molecule has 36 heavy (non-hydrogen) atoms. The van der Waals surface area contributed by atoms with Crippen molar-refractivity contribution in [3.8, 4) is 0 Å². The van der Waals surface area contributed by atoms with Crippen molar-refractivity contribution in [2.75, 3.05) is 26.2 Å². The topological polar surface area (TPSA) is 58.4 Å². The number of carbonyl (C=O) groups is 1. The molecule has 4 aromatic rings. The first-order valence-electron chi connectivity index (χ1n) is 11.9. The first-order chi connectivity index (χ1) is 17.4. The lowest BCUT2D eigenvalue weighted by molar-refractivity contribution is -0.132. The van der Waals surface area contributed by atoms with Gasteiger partial charge in [0.05, 0.1) is 23.5 Å². The van der Waals surface area contributed by atoms with E-state index < -0.39 is 0 Å². The van der Waals surface area contributed by atoms with Crippen molar-refractivity contribution in [2.24, 2.45) is 7.05 Å². The van der Waals surface area contributed by atoms with E-state index in [0.29, 0.717) is 42.6 Å². The summed E-state index contributed by atoms with van der Waals surface area (Å²) in [6.45, 7) is 2.24. The van der Waals surface area contributed by atoms with Crippen molar-refractivity contribution >= 4 is 16.7 Å². The van der Waals surface area contributed by atoms with Gasteiger partial charge in [0.1, 0.15) is 11.6 Å². The van der Waals surface area contributed by atoms with Crippen LogP contribution in [0.15, 0.2) is 77.6 Å². The summed E-state index contributed by atoms with van der Waals surface area (Å²) in [7, 11) is 1.59. The number of rotatable bonds is 5. The maximum atomic E-state index is 13.6. The van der Waals surface area contributed by atoms with Crippen LogP contribution in [0.5, 0.6) is 0 Å². The van der Waals surface area contributed by atoms with Gasteiger partial charge in [0.15, 0.2) is 0 Å². The summed E-state index contributed by atoms with van der Waals surface area (Å²) < 4.78 is 28.4. The van der Waals surface area contributed by atoms with Gasteiger partial charge < -0.3 is 4.90 Å². The summed E-state index contributed by atoms with van der Waals surface area (Å²) in [5.41, 5.74) is 2.20. The van der Waals surface area contributed by atoms with Crippen molar-refractivity contribution < 1.29 is 13.6 Å². The lowest BCUT2D eigenvalue weighted by Gasteiger charge is -2.40. The molecule has 0 atom stereocenters. The molecule has 1 aliphatic rings. The lowest BCUT2D eigenvalue weighted by Crippen LogP contribution is -2.50. The molecule has 0 bridgehead atoms. The molecule has 5 rings (SSSR count). The van der Waals surface area contributed by atoms with Crippen LogP contribution in [0.3, 0.4) is 0 Å². The van der Waals surface area contributed by atoms with Crippen molar-refractivity contribution in [1.82, 2.24) is 19.6 Å². The Morgan fingerprint density at radius 3 is 1.92 bits per heavy atom. The zero-order valence-electron chi connectivity index (χ0n) is 19.9. The van der Waals surface area contributed by atoms with Crippen molar-refractivity contribution in [3.05, 3.63) is 112 Å². The van der Waals surface area contributed by atoms with Gasteiger partial charge in [-0.15, -0.1) is 0 Å². The fourth-order valence-electron chi connectivity index (χ4n) is 4.90. The molecule has 1 amide bonds. The molecule has 184 valence electrons. The second kappa shape index (κ2) is 9.99. The third-order valence-corrected chi connectivity index (χ3v) is 6.76. The van der Waals surface area contributed by atoms with Crippen LogP contribution in [0.2, 0.25) is 0 Å². The number of halogens is 2. The summed E-state index contributed by atoms with van der Waals surface area (Å²) >= 11 is 0. The van der Waals surface area contributed by atoms with Gasteiger partial charge in [0.25, 0.3) is 5.56 Å². The Morgan fingerprint density at radius 1 is 0.833 bits per heavy atom. The number of nitrogens with zero attached hydrogens (tertiary/aromatic N) is 4. The van der Waals surface area contributed by atoms with Crippen LogP contribution in [0.4, 0.5) is 8.78 Å². The van der Waals surface area contributed by atoms with Gasteiger partial charge in [-0.3, -0.25) is 14.5 Å². The Morgan fingerprint density at radius 2 is 1.36 bits per heavy atom. The molecule has 1 aliphatic heterocycles. The van der Waals surface area contributed by atoms with E-state index in [4.69, 9.17) is 0 Å². The fraction of sp³-hybridized carbons (Fsp3) is 0.250. The van der Waals surface area contributed by atoms with Gasteiger partial charge in [-0.1, -0.05) is 42.5 Å². The van der Waals surface area contributed by atoms with Crippen LogP contribution in [-0.2, 0) is 18.3 Å². The number of fused-ring (bicyclic) bond motifs is 1. The van der Waals surface area contributed by atoms with Gasteiger partial charge >= 0.3 is 0 Å². The SMILES string of the molecule is Cn1nc(CC(=O)N2CCN(C(c3ccc(F)cc3)c3ccc(F)cc3)CC2)c2ccccc2c1=O. The number of aryl methyl sites for hydroxylation is 1. The molecule has 0 radical (unpaired) electrons. The summed E-state index contributed by atoms with van der Waals surface area (Å²) in [6.07, 6.45) is 0.105. The molecule has 6 nitrogen and oxygen atoms in total. The predicted octanol–water partition coefficient (Wildman–Crippen LogP) is 3.69. The first-order valence-corrected chi connectivity index (χ1v) is 11.9. The van der Waals surface area contributed by atoms with Gasteiger partial charge in [-0.25, -0.2) is 13.5 Å². The normalized spacial score (nSPS) is 14.5. The first kappa shape index (κ1) is 23.8. The van der Waals surface area contributed by atoms with Crippen molar-refractivity contribution in [3.63, 3.8) is 0 Å². The van der Waals surface area contributed by atoms with E-state index in [1.165, 1.54) is 28.9 Å². The van der Waals surface area contributed by atoms with Crippen molar-refractivity contribution in [2.45, 2.75) is 12.5 Å². The maximum Gasteiger partial charge on any atom is 0.274 e. The predicted molar refractivity (Wildman–Crippen MR) is 133 cm³/mol. The molecule has 1 saturated heterocycles. The number of benzene rings is 3. The van der Waals surface area contributed by atoms with Crippen LogP contribution in [-0.4, -0.2) is 51.7 Å². The number of aromatic nitrogens is 2. The van der Waals surface area contributed by atoms with Gasteiger partial charge in [-0.2, -0.15) is 5.10 Å². The maximum absolute atomic E-state index is 13.6. The third kappa shape index (κ3) is 4.77. The minimum absolute atomic E-state index is 0.0499. The van der Waals surface area contributed by atoms with E-state index >= 15 is 0 Å². The number of amides is 1. The molecular formula is C28H26F2N4O2. The summed E-state index contributed by atoms with van der Waals surface area (Å²) in [4.78, 5) is 29.6. The number of carbonyl (C=O) groups excluding carboxylic acids is 1. The number of hydrogen-bond acceptors (Lipinski definition) is 4. The Balaban J connectivity index is 1.33. The second-order valence-corrected chi connectivity index (χ2v) is 9.02. The van der Waals surface area contributed by atoms with E-state index in [1.54, 1.807) is 43.4 Å². The Hall–Kier alpha value is -3.91. The Kier molecular flexibility index (Phi) is 6.61. The molecule has 2 heterocycles. The van der Waals surface area contributed by atoms with Crippen LogP contribution < -0.4 is 5.56 Å². The average molecular weight is 489 g/mol. The van der Waals surface area contributed by atoms with Crippen LogP contribution in [0.25, 0.3) is 10.8 Å². The van der Waals surface area contributed by atoms with E-state index in [0.717, 1.165) is 11.1 Å². The monoisotopic (exact) mass is 488 g/mol. The Labute approximate surface area is 207 Å². The van der Waals surface area contributed by atoms with Crippen LogP contribution in [0.1, 0.15) is 22.9 Å². The molecule has 0 unspecified atom stereocenters. The zero-order chi connectivity index (χ0) is 25.2. The summed E-state index contributed by atoms with van der Waals surface area (Å²) in [6, 6.07) is 19.7. The Bertz CT molecular complexity index is 1400. The second-order valence-electron chi connectivity index (χ2n) is 9.02. The zero-order valence-corrected chi connectivity index (χ0v) is 19.9. The highest BCUT2D eigenvalue weighted by atomic mass is 19.1. The van der Waals surface area contributed by atoms with E-state index in [2.05, 4.69) is 10.00 Å². The van der Waals surface area contributed by atoms with E-state index in [1.807, 2.05) is 17.0 Å². The van der Waals surface area contributed by atoms with E-state index in [-0.39, 0.29) is 35.6 Å². The largest absolute Gasteiger partial charge is 0.340 e. The van der Waals surface area contributed by atoms with Gasteiger partial charge in [-0.05, 0) is 41.5 Å². The average Bonchev–Trinajstić information content (AvgIpc) is 2.90. The van der Waals surface area contributed by atoms with Gasteiger partial charge in [0, 0.05) is 38.6 Å². The highest BCUT2D eigenvalue weighted by Crippen LogP contribution is 2.30. The molecule has 3 aromatic carbocycles. The van der Waals surface area contributed by atoms with Gasteiger partial charge in [0.2, 0.25) is 5.91 Å². The molecule has 0 spiro atoms. The molecule has 0 N–H and O–H groups in total. The van der Waals surface area contributed by atoms with Crippen LogP contribution in [0, 0.1) is 11.6 Å². The minimum Gasteiger partial charge on any atom is -0.340 e. The number of hydrogen-bond donors (Lipinski definition) is 0. The van der Waals surface area contributed by atoms with Crippen molar-refractivity contribution in [1.29, 1.82) is 0 Å². The van der Waals surface area contributed by atoms with Crippen LogP contribution >= 0.6 is 0 Å². The molecule has 0 aliphatic carbocycles. The van der Waals surface area contributed by atoms with E-state index in [9.17, 15) is 18.4 Å². The lowest BCUT2D eigenvalue weighted by atomic mass is 9.96. The highest BCUT2D eigenvalue weighted by molar-refractivity contribution is 5.88. The quantitative estimate of drug-likeness (QED) is 0.430. The summed E-state index contributed by atoms with van der Waals surface area (Å²) in [5, 5.41) is 5.60. The highest BCUT2D eigenvalue weighted by Gasteiger charge is 2.29. The fourth-order valence-corrected chi connectivity index (χ4v) is 4.90. The molecule has 8 heteroatoms.